The lowest BCUT2D eigenvalue weighted by Gasteiger charge is -2.13. The zero-order valence-corrected chi connectivity index (χ0v) is 14.4. The summed E-state index contributed by atoms with van der Waals surface area (Å²) in [5.74, 6) is -0.310. The Hall–Kier alpha value is -2.26. The summed E-state index contributed by atoms with van der Waals surface area (Å²) < 4.78 is 0.954. The van der Waals surface area contributed by atoms with E-state index in [1.807, 2.05) is 24.3 Å². The van der Waals surface area contributed by atoms with Gasteiger partial charge in [0.15, 0.2) is 0 Å². The summed E-state index contributed by atoms with van der Waals surface area (Å²) in [6.07, 6.45) is 1.38. The molecule has 0 fully saturated rings. The number of nitrogens with zero attached hydrogens (tertiary/aromatic N) is 2. The molecule has 2 N–H and O–H groups in total. The van der Waals surface area contributed by atoms with Crippen molar-refractivity contribution in [2.45, 2.75) is 13.0 Å². The summed E-state index contributed by atoms with van der Waals surface area (Å²) >= 11 is 4.33. The van der Waals surface area contributed by atoms with Crippen LogP contribution in [0.4, 0.5) is 10.7 Å². The van der Waals surface area contributed by atoms with Gasteiger partial charge in [0.25, 0.3) is 5.91 Å². The van der Waals surface area contributed by atoms with Gasteiger partial charge in [0.05, 0.1) is 16.0 Å². The molecular formula is C14H13BrN4O3S. The highest BCUT2D eigenvalue weighted by molar-refractivity contribution is 9.10. The minimum Gasteiger partial charge on any atom is -0.374 e. The summed E-state index contributed by atoms with van der Waals surface area (Å²) in [5, 5.41) is 17.5. The Morgan fingerprint density at radius 2 is 2.04 bits per heavy atom. The second-order valence-corrected chi connectivity index (χ2v) is 6.55. The monoisotopic (exact) mass is 396 g/mol. The number of amides is 1. The highest BCUT2D eigenvalue weighted by Gasteiger charge is 2.12. The number of halogens is 1. The van der Waals surface area contributed by atoms with Crippen molar-refractivity contribution in [2.75, 3.05) is 5.32 Å². The van der Waals surface area contributed by atoms with Crippen molar-refractivity contribution in [3.8, 4) is 0 Å². The molecular weight excluding hydrogens is 384 g/mol. The van der Waals surface area contributed by atoms with Gasteiger partial charge in [-0.1, -0.05) is 27.3 Å². The molecule has 0 spiro atoms. The average Bonchev–Trinajstić information content (AvgIpc) is 2.98. The highest BCUT2D eigenvalue weighted by atomic mass is 79.9. The van der Waals surface area contributed by atoms with Gasteiger partial charge in [0, 0.05) is 16.2 Å². The zero-order valence-electron chi connectivity index (χ0n) is 12.0. The molecule has 7 nitrogen and oxygen atoms in total. The van der Waals surface area contributed by atoms with Crippen molar-refractivity contribution >= 4 is 50.1 Å². The number of hydrogen-bond acceptors (Lipinski definition) is 6. The summed E-state index contributed by atoms with van der Waals surface area (Å²) in [4.78, 5) is 22.6. The smallest absolute Gasteiger partial charge is 0.324 e. The molecule has 1 amide bonds. The second kappa shape index (κ2) is 7.84. The number of carbonyl (C=O) groups excluding carboxylic acids is 1. The first-order valence-corrected chi connectivity index (χ1v) is 8.16. The van der Waals surface area contributed by atoms with Crippen LogP contribution in [0, 0.1) is 10.1 Å². The van der Waals surface area contributed by atoms with E-state index in [9.17, 15) is 14.9 Å². The topological polar surface area (TPSA) is 96.6 Å². The Morgan fingerprint density at radius 1 is 1.35 bits per heavy atom. The highest BCUT2D eigenvalue weighted by Crippen LogP contribution is 2.22. The summed E-state index contributed by atoms with van der Waals surface area (Å²) in [7, 11) is 0. The van der Waals surface area contributed by atoms with E-state index >= 15 is 0 Å². The number of hydrazone groups is 1. The fourth-order valence-electron chi connectivity index (χ4n) is 1.63. The van der Waals surface area contributed by atoms with Crippen molar-refractivity contribution in [3.63, 3.8) is 0 Å². The van der Waals surface area contributed by atoms with Gasteiger partial charge in [0.2, 0.25) is 0 Å². The summed E-state index contributed by atoms with van der Waals surface area (Å²) in [5.41, 5.74) is 3.21. The molecule has 1 aromatic heterocycles. The molecule has 1 heterocycles. The van der Waals surface area contributed by atoms with Crippen LogP contribution in [0.3, 0.4) is 0 Å². The number of thiophene rings is 1. The Balaban J connectivity index is 1.86. The van der Waals surface area contributed by atoms with Crippen LogP contribution in [0.15, 0.2) is 46.0 Å². The Kier molecular flexibility index (Phi) is 5.83. The van der Waals surface area contributed by atoms with Gasteiger partial charge in [-0.25, -0.2) is 5.43 Å². The third kappa shape index (κ3) is 5.15. The summed E-state index contributed by atoms with van der Waals surface area (Å²) in [6, 6.07) is 9.92. The van der Waals surface area contributed by atoms with Crippen LogP contribution >= 0.6 is 27.3 Å². The lowest BCUT2D eigenvalue weighted by Crippen LogP contribution is -2.34. The average molecular weight is 397 g/mol. The molecule has 0 aliphatic heterocycles. The third-order valence-electron chi connectivity index (χ3n) is 2.78. The van der Waals surface area contributed by atoms with E-state index in [1.54, 1.807) is 13.0 Å². The molecule has 0 radical (unpaired) electrons. The van der Waals surface area contributed by atoms with Crippen molar-refractivity contribution in [3.05, 3.63) is 55.9 Å². The Bertz CT molecular complexity index is 730. The molecule has 0 aliphatic rings. The normalized spacial score (nSPS) is 12.1. The van der Waals surface area contributed by atoms with Crippen molar-refractivity contribution in [1.82, 2.24) is 5.43 Å². The number of nitrogens with one attached hydrogen (secondary N) is 2. The van der Waals surface area contributed by atoms with Crippen LogP contribution in [0.5, 0.6) is 0 Å². The quantitative estimate of drug-likeness (QED) is 0.444. The predicted molar refractivity (Wildman–Crippen MR) is 93.9 cm³/mol. The number of hydrogen-bond donors (Lipinski definition) is 2. The Morgan fingerprint density at radius 3 is 2.65 bits per heavy atom. The third-order valence-corrected chi connectivity index (χ3v) is 4.28. The van der Waals surface area contributed by atoms with Crippen molar-refractivity contribution in [1.29, 1.82) is 0 Å². The van der Waals surface area contributed by atoms with Crippen LogP contribution in [0.1, 0.15) is 11.8 Å². The van der Waals surface area contributed by atoms with Gasteiger partial charge in [-0.05, 0) is 37.3 Å². The molecule has 0 aliphatic carbocycles. The SMILES string of the molecule is C[C@@H](Nc1ccc(Br)cc1)C(=O)N/N=C\c1ccc([N+](=O)[O-])s1. The van der Waals surface area contributed by atoms with Gasteiger partial charge in [0.1, 0.15) is 6.04 Å². The predicted octanol–water partition coefficient (Wildman–Crippen LogP) is 3.37. The van der Waals surface area contributed by atoms with E-state index < -0.39 is 11.0 Å². The molecule has 2 rings (SSSR count). The van der Waals surface area contributed by atoms with E-state index in [2.05, 4.69) is 31.8 Å². The van der Waals surface area contributed by atoms with E-state index in [0.717, 1.165) is 21.5 Å². The first kappa shape index (κ1) is 17.1. The molecule has 0 unspecified atom stereocenters. The van der Waals surface area contributed by atoms with Crippen LogP contribution in [0.25, 0.3) is 0 Å². The number of rotatable bonds is 6. The molecule has 0 saturated carbocycles. The van der Waals surface area contributed by atoms with E-state index in [-0.39, 0.29) is 10.9 Å². The van der Waals surface area contributed by atoms with Crippen LogP contribution < -0.4 is 10.7 Å². The first-order chi connectivity index (χ1) is 11.0. The molecule has 120 valence electrons. The van der Waals surface area contributed by atoms with E-state index in [1.165, 1.54) is 12.3 Å². The number of carbonyl (C=O) groups is 1. The molecule has 1 atom stereocenters. The van der Waals surface area contributed by atoms with Gasteiger partial charge >= 0.3 is 5.00 Å². The maximum Gasteiger partial charge on any atom is 0.324 e. The van der Waals surface area contributed by atoms with Crippen LogP contribution in [-0.2, 0) is 4.79 Å². The Labute approximate surface area is 144 Å². The minimum absolute atomic E-state index is 0.0306. The maximum absolute atomic E-state index is 11.9. The van der Waals surface area contributed by atoms with Gasteiger partial charge in [-0.15, -0.1) is 0 Å². The second-order valence-electron chi connectivity index (χ2n) is 4.54. The van der Waals surface area contributed by atoms with Crippen LogP contribution in [0.2, 0.25) is 0 Å². The fraction of sp³-hybridized carbons (Fsp3) is 0.143. The van der Waals surface area contributed by atoms with E-state index in [4.69, 9.17) is 0 Å². The van der Waals surface area contributed by atoms with Crippen molar-refractivity contribution in [2.24, 2.45) is 5.10 Å². The van der Waals surface area contributed by atoms with E-state index in [0.29, 0.717) is 4.88 Å². The number of benzene rings is 1. The molecule has 0 bridgehead atoms. The molecule has 23 heavy (non-hydrogen) atoms. The van der Waals surface area contributed by atoms with Gasteiger partial charge < -0.3 is 5.32 Å². The molecule has 0 saturated heterocycles. The lowest BCUT2D eigenvalue weighted by molar-refractivity contribution is -0.380. The number of anilines is 1. The zero-order chi connectivity index (χ0) is 16.8. The largest absolute Gasteiger partial charge is 0.374 e. The molecule has 9 heteroatoms. The standard InChI is InChI=1S/C14H13BrN4O3S/c1-9(17-11-4-2-10(15)3-5-11)14(20)18-16-8-12-6-7-13(23-12)19(21)22/h2-9,17H,1H3,(H,18,20)/b16-8-/t9-/m1/s1. The molecule has 1 aromatic carbocycles. The summed E-state index contributed by atoms with van der Waals surface area (Å²) in [6.45, 7) is 1.71. The first-order valence-electron chi connectivity index (χ1n) is 6.55. The van der Waals surface area contributed by atoms with Crippen LogP contribution in [-0.4, -0.2) is 23.1 Å². The molecule has 2 aromatic rings. The fourth-order valence-corrected chi connectivity index (χ4v) is 2.59. The van der Waals surface area contributed by atoms with Crippen molar-refractivity contribution < 1.29 is 9.72 Å². The van der Waals surface area contributed by atoms with Gasteiger partial charge in [-0.3, -0.25) is 14.9 Å². The minimum atomic E-state index is -0.481. The number of nitro groups is 1. The lowest BCUT2D eigenvalue weighted by atomic mass is 10.2. The van der Waals surface area contributed by atoms with Gasteiger partial charge in [-0.2, -0.15) is 5.10 Å². The maximum atomic E-state index is 11.9.